The van der Waals surface area contributed by atoms with E-state index >= 15 is 0 Å². The molecule has 0 saturated carbocycles. The molecule has 2 amide bonds. The third kappa shape index (κ3) is 10.6. The van der Waals surface area contributed by atoms with Gasteiger partial charge in [-0.1, -0.05) is 13.8 Å². The largest absolute Gasteiger partial charge is 0.481 e. The van der Waals surface area contributed by atoms with E-state index in [1.807, 2.05) is 27.7 Å². The summed E-state index contributed by atoms with van der Waals surface area (Å²) >= 11 is 0. The molecule has 0 aliphatic rings. The number of carboxylic acid groups (broad SMARTS) is 1. The molecule has 3 N–H and O–H groups in total. The lowest BCUT2D eigenvalue weighted by atomic mass is 9.94. The fraction of sp³-hybridized carbons (Fsp3) is 0.857. The SMILES string of the molecule is CCOC(C)CNC(=O)NC[C@H](CC(=O)O)CC(C)C. The molecular weight excluding hydrogens is 260 g/mol. The van der Waals surface area contributed by atoms with Gasteiger partial charge in [-0.3, -0.25) is 4.79 Å². The first-order valence-corrected chi connectivity index (χ1v) is 7.20. The molecule has 0 aliphatic carbocycles. The number of nitrogens with one attached hydrogen (secondary N) is 2. The average molecular weight is 288 g/mol. The van der Waals surface area contributed by atoms with Crippen LogP contribution in [0.15, 0.2) is 0 Å². The molecule has 0 rings (SSSR count). The number of carbonyl (C=O) groups is 2. The predicted molar refractivity (Wildman–Crippen MR) is 77.7 cm³/mol. The van der Waals surface area contributed by atoms with Crippen molar-refractivity contribution in [1.29, 1.82) is 0 Å². The van der Waals surface area contributed by atoms with Crippen molar-refractivity contribution < 1.29 is 19.4 Å². The highest BCUT2D eigenvalue weighted by Crippen LogP contribution is 2.14. The molecular formula is C14H28N2O4. The molecule has 0 aromatic carbocycles. The maximum Gasteiger partial charge on any atom is 0.314 e. The van der Waals surface area contributed by atoms with E-state index in [0.29, 0.717) is 25.6 Å². The van der Waals surface area contributed by atoms with Gasteiger partial charge in [-0.15, -0.1) is 0 Å². The number of hydrogen-bond donors (Lipinski definition) is 3. The summed E-state index contributed by atoms with van der Waals surface area (Å²) in [6, 6.07) is -0.282. The van der Waals surface area contributed by atoms with Crippen molar-refractivity contribution in [2.45, 2.75) is 46.6 Å². The third-order valence-corrected chi connectivity index (χ3v) is 2.82. The summed E-state index contributed by atoms with van der Waals surface area (Å²) in [5.41, 5.74) is 0. The van der Waals surface area contributed by atoms with Gasteiger partial charge in [0, 0.05) is 26.1 Å². The topological polar surface area (TPSA) is 87.7 Å². The van der Waals surface area contributed by atoms with Crippen LogP contribution in [-0.2, 0) is 9.53 Å². The Kier molecular flexibility index (Phi) is 9.80. The number of hydrogen-bond acceptors (Lipinski definition) is 3. The fourth-order valence-electron chi connectivity index (χ4n) is 2.03. The Morgan fingerprint density at radius 2 is 1.75 bits per heavy atom. The van der Waals surface area contributed by atoms with E-state index < -0.39 is 5.97 Å². The maximum absolute atomic E-state index is 11.6. The van der Waals surface area contributed by atoms with Crippen LogP contribution < -0.4 is 10.6 Å². The Morgan fingerprint density at radius 3 is 2.25 bits per heavy atom. The van der Waals surface area contributed by atoms with Gasteiger partial charge in [-0.25, -0.2) is 4.79 Å². The molecule has 1 unspecified atom stereocenters. The molecule has 6 heteroatoms. The summed E-state index contributed by atoms with van der Waals surface area (Å²) in [7, 11) is 0. The van der Waals surface area contributed by atoms with Crippen LogP contribution >= 0.6 is 0 Å². The molecule has 0 aromatic heterocycles. The molecule has 2 atom stereocenters. The number of amides is 2. The number of ether oxygens (including phenoxy) is 1. The molecule has 0 aromatic rings. The zero-order chi connectivity index (χ0) is 15.5. The lowest BCUT2D eigenvalue weighted by molar-refractivity contribution is -0.138. The number of aliphatic carboxylic acids is 1. The molecule has 20 heavy (non-hydrogen) atoms. The average Bonchev–Trinajstić information content (AvgIpc) is 2.32. The molecule has 0 aliphatic heterocycles. The molecule has 6 nitrogen and oxygen atoms in total. The van der Waals surface area contributed by atoms with Gasteiger partial charge in [0.15, 0.2) is 0 Å². The van der Waals surface area contributed by atoms with Crippen LogP contribution in [0, 0.1) is 11.8 Å². The van der Waals surface area contributed by atoms with Crippen LogP contribution in [0.25, 0.3) is 0 Å². The second-order valence-corrected chi connectivity index (χ2v) is 5.45. The van der Waals surface area contributed by atoms with Crippen LogP contribution in [0.2, 0.25) is 0 Å². The lowest BCUT2D eigenvalue weighted by Crippen LogP contribution is -2.42. The lowest BCUT2D eigenvalue weighted by Gasteiger charge is -2.18. The van der Waals surface area contributed by atoms with Crippen molar-refractivity contribution in [2.24, 2.45) is 11.8 Å². The highest BCUT2D eigenvalue weighted by molar-refractivity contribution is 5.74. The van der Waals surface area contributed by atoms with E-state index in [4.69, 9.17) is 9.84 Å². The monoisotopic (exact) mass is 288 g/mol. The Bertz CT molecular complexity index is 295. The van der Waals surface area contributed by atoms with Gasteiger partial charge in [-0.2, -0.15) is 0 Å². The van der Waals surface area contributed by atoms with E-state index in [1.54, 1.807) is 0 Å². The highest BCUT2D eigenvalue weighted by atomic mass is 16.5. The Labute approximate surface area is 121 Å². The van der Waals surface area contributed by atoms with E-state index in [1.165, 1.54) is 0 Å². The minimum absolute atomic E-state index is 0.0313. The van der Waals surface area contributed by atoms with Gasteiger partial charge < -0.3 is 20.5 Å². The number of carboxylic acids is 1. The van der Waals surface area contributed by atoms with Crippen LogP contribution in [0.3, 0.4) is 0 Å². The molecule has 0 bridgehead atoms. The zero-order valence-electron chi connectivity index (χ0n) is 12.9. The Morgan fingerprint density at radius 1 is 1.15 bits per heavy atom. The minimum Gasteiger partial charge on any atom is -0.481 e. The predicted octanol–water partition coefficient (Wildman–Crippen LogP) is 1.85. The van der Waals surface area contributed by atoms with Crippen LogP contribution in [0.1, 0.15) is 40.5 Å². The van der Waals surface area contributed by atoms with Crippen molar-refractivity contribution in [3.8, 4) is 0 Å². The summed E-state index contributed by atoms with van der Waals surface area (Å²) < 4.78 is 5.30. The summed E-state index contributed by atoms with van der Waals surface area (Å²) in [5.74, 6) is -0.465. The first-order valence-electron chi connectivity index (χ1n) is 7.20. The Balaban J connectivity index is 4.00. The molecule has 0 fully saturated rings. The van der Waals surface area contributed by atoms with Crippen LogP contribution in [0.5, 0.6) is 0 Å². The summed E-state index contributed by atoms with van der Waals surface area (Å²) in [4.78, 5) is 22.4. The van der Waals surface area contributed by atoms with Gasteiger partial charge in [0.25, 0.3) is 0 Å². The standard InChI is InChI=1S/C14H28N2O4/c1-5-20-11(4)8-15-14(19)16-9-12(6-10(2)3)7-13(17)18/h10-12H,5-9H2,1-4H3,(H,17,18)(H2,15,16,19)/t11?,12-/m0/s1. The smallest absolute Gasteiger partial charge is 0.314 e. The summed E-state index contributed by atoms with van der Waals surface area (Å²) in [6.45, 7) is 9.29. The van der Waals surface area contributed by atoms with Gasteiger partial charge in [-0.05, 0) is 32.1 Å². The minimum atomic E-state index is -0.831. The third-order valence-electron chi connectivity index (χ3n) is 2.82. The zero-order valence-corrected chi connectivity index (χ0v) is 12.9. The van der Waals surface area contributed by atoms with E-state index in [-0.39, 0.29) is 24.5 Å². The van der Waals surface area contributed by atoms with Crippen molar-refractivity contribution in [3.63, 3.8) is 0 Å². The van der Waals surface area contributed by atoms with Crippen LogP contribution in [0.4, 0.5) is 4.79 Å². The molecule has 0 spiro atoms. The van der Waals surface area contributed by atoms with E-state index in [0.717, 1.165) is 6.42 Å². The molecule has 0 saturated heterocycles. The van der Waals surface area contributed by atoms with Gasteiger partial charge in [0.2, 0.25) is 0 Å². The van der Waals surface area contributed by atoms with Gasteiger partial charge in [0.05, 0.1) is 6.10 Å². The quantitative estimate of drug-likeness (QED) is 0.572. The normalized spacial score (nSPS) is 13.8. The van der Waals surface area contributed by atoms with E-state index in [9.17, 15) is 9.59 Å². The molecule has 0 radical (unpaired) electrons. The maximum atomic E-state index is 11.6. The number of urea groups is 1. The number of carbonyl (C=O) groups excluding carboxylic acids is 1. The fourth-order valence-corrected chi connectivity index (χ4v) is 2.03. The van der Waals surface area contributed by atoms with Crippen LogP contribution in [-0.4, -0.2) is 42.9 Å². The second-order valence-electron chi connectivity index (χ2n) is 5.45. The summed E-state index contributed by atoms with van der Waals surface area (Å²) in [5, 5.41) is 14.3. The highest BCUT2D eigenvalue weighted by Gasteiger charge is 2.16. The first-order chi connectivity index (χ1) is 9.35. The van der Waals surface area contributed by atoms with E-state index in [2.05, 4.69) is 10.6 Å². The first kappa shape index (κ1) is 18.7. The van der Waals surface area contributed by atoms with Gasteiger partial charge in [0.1, 0.15) is 0 Å². The van der Waals surface area contributed by atoms with Gasteiger partial charge >= 0.3 is 12.0 Å². The number of rotatable bonds is 10. The van der Waals surface area contributed by atoms with Crippen molar-refractivity contribution in [3.05, 3.63) is 0 Å². The molecule has 118 valence electrons. The second kappa shape index (κ2) is 10.5. The van der Waals surface area contributed by atoms with Crippen molar-refractivity contribution >= 4 is 12.0 Å². The van der Waals surface area contributed by atoms with Crippen molar-refractivity contribution in [2.75, 3.05) is 19.7 Å². The summed E-state index contributed by atoms with van der Waals surface area (Å²) in [6.07, 6.45) is 0.826. The van der Waals surface area contributed by atoms with Crippen molar-refractivity contribution in [1.82, 2.24) is 10.6 Å². The molecule has 0 heterocycles. The Hall–Kier alpha value is -1.30.